The van der Waals surface area contributed by atoms with Gasteiger partial charge in [0.05, 0.1) is 11.7 Å². The lowest BCUT2D eigenvalue weighted by atomic mass is 10.1. The molecule has 0 spiro atoms. The molecule has 1 aliphatic heterocycles. The molecule has 1 saturated heterocycles. The second-order valence-corrected chi connectivity index (χ2v) is 4.56. The van der Waals surface area contributed by atoms with E-state index in [1.807, 2.05) is 26.0 Å². The summed E-state index contributed by atoms with van der Waals surface area (Å²) < 4.78 is 11.2. The van der Waals surface area contributed by atoms with Gasteiger partial charge in [-0.25, -0.2) is 0 Å². The van der Waals surface area contributed by atoms with E-state index >= 15 is 0 Å². The molecule has 92 valence electrons. The van der Waals surface area contributed by atoms with Crippen LogP contribution in [-0.2, 0) is 4.74 Å². The van der Waals surface area contributed by atoms with Crippen LogP contribution in [0.15, 0.2) is 12.1 Å². The molecular weight excluding hydrogens is 216 g/mol. The maximum Gasteiger partial charge on any atom is 0.153 e. The molecule has 0 radical (unpaired) electrons. The zero-order valence-electron chi connectivity index (χ0n) is 10.4. The smallest absolute Gasteiger partial charge is 0.153 e. The van der Waals surface area contributed by atoms with Gasteiger partial charge in [-0.3, -0.25) is 4.79 Å². The molecule has 0 aliphatic carbocycles. The molecule has 1 atom stereocenters. The molecule has 1 fully saturated rings. The summed E-state index contributed by atoms with van der Waals surface area (Å²) in [6, 6.07) is 3.88. The Labute approximate surface area is 102 Å². The number of carbonyl (C=O) groups is 1. The molecule has 0 bridgehead atoms. The zero-order chi connectivity index (χ0) is 12.3. The van der Waals surface area contributed by atoms with E-state index in [1.165, 1.54) is 0 Å². The topological polar surface area (TPSA) is 35.5 Å². The molecule has 1 aromatic carbocycles. The van der Waals surface area contributed by atoms with Crippen molar-refractivity contribution in [2.45, 2.75) is 32.8 Å². The average Bonchev–Trinajstić information content (AvgIpc) is 2.79. The second-order valence-electron chi connectivity index (χ2n) is 4.56. The van der Waals surface area contributed by atoms with E-state index in [1.54, 1.807) is 0 Å². The minimum absolute atomic E-state index is 0.176. The van der Waals surface area contributed by atoms with Crippen LogP contribution in [0.25, 0.3) is 0 Å². The van der Waals surface area contributed by atoms with Crippen LogP contribution in [0.2, 0.25) is 0 Å². The molecule has 17 heavy (non-hydrogen) atoms. The molecule has 1 aliphatic rings. The van der Waals surface area contributed by atoms with Gasteiger partial charge in [0.1, 0.15) is 12.4 Å². The lowest BCUT2D eigenvalue weighted by Crippen LogP contribution is -2.17. The van der Waals surface area contributed by atoms with Crippen LogP contribution in [0.4, 0.5) is 0 Å². The molecule has 0 saturated carbocycles. The summed E-state index contributed by atoms with van der Waals surface area (Å²) >= 11 is 0. The molecule has 3 nitrogen and oxygen atoms in total. The third-order valence-electron chi connectivity index (χ3n) is 3.01. The summed E-state index contributed by atoms with van der Waals surface area (Å²) in [6.07, 6.45) is 3.17. The predicted octanol–water partition coefficient (Wildman–Crippen LogP) is 2.67. The number of ether oxygens (including phenoxy) is 2. The summed E-state index contributed by atoms with van der Waals surface area (Å²) in [5, 5.41) is 0. The SMILES string of the molecule is Cc1cc(C)c(OCC2CCCO2)c(C=O)c1. The van der Waals surface area contributed by atoms with E-state index in [9.17, 15) is 4.79 Å². The van der Waals surface area contributed by atoms with Crippen LogP contribution in [0.3, 0.4) is 0 Å². The third kappa shape index (κ3) is 2.86. The van der Waals surface area contributed by atoms with Crippen molar-refractivity contribution in [1.29, 1.82) is 0 Å². The summed E-state index contributed by atoms with van der Waals surface area (Å²) in [6.45, 7) is 5.29. The second kappa shape index (κ2) is 5.32. The van der Waals surface area contributed by atoms with Crippen LogP contribution >= 0.6 is 0 Å². The van der Waals surface area contributed by atoms with Gasteiger partial charge in [0.15, 0.2) is 6.29 Å². The van der Waals surface area contributed by atoms with E-state index in [0.717, 1.165) is 36.9 Å². The fourth-order valence-corrected chi connectivity index (χ4v) is 2.22. The Morgan fingerprint density at radius 2 is 2.29 bits per heavy atom. The fourth-order valence-electron chi connectivity index (χ4n) is 2.22. The van der Waals surface area contributed by atoms with Gasteiger partial charge >= 0.3 is 0 Å². The first-order chi connectivity index (χ1) is 8.20. The van der Waals surface area contributed by atoms with E-state index in [2.05, 4.69) is 0 Å². The molecule has 1 aromatic rings. The molecule has 1 heterocycles. The van der Waals surface area contributed by atoms with Gasteiger partial charge in [0.2, 0.25) is 0 Å². The van der Waals surface area contributed by atoms with Crippen LogP contribution < -0.4 is 4.74 Å². The first-order valence-electron chi connectivity index (χ1n) is 6.01. The summed E-state index contributed by atoms with van der Waals surface area (Å²) in [5.74, 6) is 0.695. The lowest BCUT2D eigenvalue weighted by molar-refractivity contribution is 0.0672. The Balaban J connectivity index is 2.10. The zero-order valence-corrected chi connectivity index (χ0v) is 10.4. The molecule has 1 unspecified atom stereocenters. The van der Waals surface area contributed by atoms with Crippen molar-refractivity contribution in [3.05, 3.63) is 28.8 Å². The van der Waals surface area contributed by atoms with E-state index < -0.39 is 0 Å². The van der Waals surface area contributed by atoms with E-state index in [0.29, 0.717) is 17.9 Å². The maximum atomic E-state index is 11.0. The van der Waals surface area contributed by atoms with Crippen LogP contribution in [-0.4, -0.2) is 25.6 Å². The molecule has 0 N–H and O–H groups in total. The number of aryl methyl sites for hydroxylation is 2. The van der Waals surface area contributed by atoms with Crippen molar-refractivity contribution >= 4 is 6.29 Å². The highest BCUT2D eigenvalue weighted by Gasteiger charge is 2.17. The van der Waals surface area contributed by atoms with Gasteiger partial charge in [0.25, 0.3) is 0 Å². The quantitative estimate of drug-likeness (QED) is 0.751. The minimum atomic E-state index is 0.176. The molecular formula is C14H18O3. The molecule has 3 heteroatoms. The number of hydrogen-bond donors (Lipinski definition) is 0. The normalized spacial score (nSPS) is 19.3. The Hall–Kier alpha value is -1.35. The van der Waals surface area contributed by atoms with Crippen molar-refractivity contribution < 1.29 is 14.3 Å². The monoisotopic (exact) mass is 234 g/mol. The Kier molecular flexibility index (Phi) is 3.79. The highest BCUT2D eigenvalue weighted by atomic mass is 16.5. The van der Waals surface area contributed by atoms with Gasteiger partial charge in [0, 0.05) is 6.61 Å². The molecule has 2 rings (SSSR count). The van der Waals surface area contributed by atoms with Crippen molar-refractivity contribution in [3.63, 3.8) is 0 Å². The third-order valence-corrected chi connectivity index (χ3v) is 3.01. The highest BCUT2D eigenvalue weighted by molar-refractivity contribution is 5.80. The Morgan fingerprint density at radius 3 is 2.94 bits per heavy atom. The van der Waals surface area contributed by atoms with Crippen LogP contribution in [0.5, 0.6) is 5.75 Å². The number of benzene rings is 1. The van der Waals surface area contributed by atoms with Crippen molar-refractivity contribution in [2.24, 2.45) is 0 Å². The van der Waals surface area contributed by atoms with E-state index in [4.69, 9.17) is 9.47 Å². The molecule has 0 amide bonds. The lowest BCUT2D eigenvalue weighted by Gasteiger charge is -2.15. The average molecular weight is 234 g/mol. The highest BCUT2D eigenvalue weighted by Crippen LogP contribution is 2.25. The Bertz CT molecular complexity index is 406. The Morgan fingerprint density at radius 1 is 1.47 bits per heavy atom. The van der Waals surface area contributed by atoms with Crippen molar-refractivity contribution in [2.75, 3.05) is 13.2 Å². The number of carbonyl (C=O) groups excluding carboxylic acids is 1. The van der Waals surface area contributed by atoms with Gasteiger partial charge in [-0.15, -0.1) is 0 Å². The first kappa shape index (κ1) is 12.1. The van der Waals surface area contributed by atoms with Gasteiger partial charge < -0.3 is 9.47 Å². The minimum Gasteiger partial charge on any atom is -0.490 e. The van der Waals surface area contributed by atoms with Crippen molar-refractivity contribution in [1.82, 2.24) is 0 Å². The summed E-state index contributed by atoms with van der Waals surface area (Å²) in [4.78, 5) is 11.0. The van der Waals surface area contributed by atoms with Crippen LogP contribution in [0, 0.1) is 13.8 Å². The maximum absolute atomic E-state index is 11.0. The van der Waals surface area contributed by atoms with Crippen LogP contribution in [0.1, 0.15) is 34.3 Å². The number of rotatable bonds is 4. The predicted molar refractivity (Wildman–Crippen MR) is 65.8 cm³/mol. The number of hydrogen-bond acceptors (Lipinski definition) is 3. The largest absolute Gasteiger partial charge is 0.490 e. The standard InChI is InChI=1S/C14H18O3/c1-10-6-11(2)14(12(7-10)8-15)17-9-13-4-3-5-16-13/h6-8,13H,3-5,9H2,1-2H3. The number of aldehydes is 1. The van der Waals surface area contributed by atoms with Gasteiger partial charge in [-0.05, 0) is 43.9 Å². The fraction of sp³-hybridized carbons (Fsp3) is 0.500. The van der Waals surface area contributed by atoms with E-state index in [-0.39, 0.29) is 6.10 Å². The van der Waals surface area contributed by atoms with Crippen molar-refractivity contribution in [3.8, 4) is 5.75 Å². The van der Waals surface area contributed by atoms with Gasteiger partial charge in [-0.2, -0.15) is 0 Å². The first-order valence-corrected chi connectivity index (χ1v) is 6.01. The summed E-state index contributed by atoms with van der Waals surface area (Å²) in [5.41, 5.74) is 2.71. The summed E-state index contributed by atoms with van der Waals surface area (Å²) in [7, 11) is 0. The molecule has 0 aromatic heterocycles. The van der Waals surface area contributed by atoms with Gasteiger partial charge in [-0.1, -0.05) is 6.07 Å².